The third-order valence-corrected chi connectivity index (χ3v) is 3.39. The monoisotopic (exact) mass is 252 g/mol. The van der Waals surface area contributed by atoms with Gasteiger partial charge in [-0.2, -0.15) is 0 Å². The van der Waals surface area contributed by atoms with Crippen LogP contribution >= 0.6 is 0 Å². The number of aryl methyl sites for hydroxylation is 1. The highest BCUT2D eigenvalue weighted by atomic mass is 19.1. The molecule has 0 fully saturated rings. The highest BCUT2D eigenvalue weighted by molar-refractivity contribution is 5.85. The highest BCUT2D eigenvalue weighted by Crippen LogP contribution is 2.23. The number of benzene rings is 1. The molecule has 18 heavy (non-hydrogen) atoms. The van der Waals surface area contributed by atoms with Gasteiger partial charge in [0, 0.05) is 6.04 Å². The number of primary amides is 1. The maximum Gasteiger partial charge on any atom is 0.242 e. The molecule has 0 saturated carbocycles. The lowest BCUT2D eigenvalue weighted by atomic mass is 9.89. The van der Waals surface area contributed by atoms with Gasteiger partial charge < -0.3 is 5.73 Å². The molecule has 0 bridgehead atoms. The number of carbonyl (C=O) groups is 1. The molecular weight excluding hydrogens is 231 g/mol. The number of nitrogens with two attached hydrogens (primary N) is 1. The lowest BCUT2D eigenvalue weighted by Gasteiger charge is -2.31. The van der Waals surface area contributed by atoms with E-state index >= 15 is 0 Å². The SMILES string of the molecule is CCC(C)NC(C)(C(N)=O)c1ccc(C)c(F)c1. The summed E-state index contributed by atoms with van der Waals surface area (Å²) in [5.41, 5.74) is 5.52. The second-order valence-corrected chi connectivity index (χ2v) is 4.91. The second-order valence-electron chi connectivity index (χ2n) is 4.91. The van der Waals surface area contributed by atoms with E-state index in [0.29, 0.717) is 11.1 Å². The molecule has 1 aromatic carbocycles. The van der Waals surface area contributed by atoms with Crippen molar-refractivity contribution in [3.8, 4) is 0 Å². The van der Waals surface area contributed by atoms with Gasteiger partial charge in [-0.1, -0.05) is 19.1 Å². The van der Waals surface area contributed by atoms with Gasteiger partial charge in [-0.05, 0) is 44.4 Å². The van der Waals surface area contributed by atoms with Crippen molar-refractivity contribution in [3.05, 3.63) is 35.1 Å². The molecule has 3 nitrogen and oxygen atoms in total. The molecule has 1 amide bonds. The first-order valence-corrected chi connectivity index (χ1v) is 6.15. The van der Waals surface area contributed by atoms with Crippen molar-refractivity contribution in [2.45, 2.75) is 45.7 Å². The van der Waals surface area contributed by atoms with Crippen LogP contribution in [0.3, 0.4) is 0 Å². The summed E-state index contributed by atoms with van der Waals surface area (Å²) >= 11 is 0. The Labute approximate surface area is 108 Å². The summed E-state index contributed by atoms with van der Waals surface area (Å²) in [4.78, 5) is 11.7. The summed E-state index contributed by atoms with van der Waals surface area (Å²) in [5.74, 6) is -0.836. The number of hydrogen-bond donors (Lipinski definition) is 2. The maximum atomic E-state index is 13.6. The molecule has 0 aliphatic rings. The molecule has 0 aromatic heterocycles. The molecule has 0 aliphatic carbocycles. The van der Waals surface area contributed by atoms with Crippen LogP contribution in [0.5, 0.6) is 0 Å². The first-order chi connectivity index (χ1) is 8.31. The van der Waals surface area contributed by atoms with Gasteiger partial charge in [0.05, 0.1) is 0 Å². The third kappa shape index (κ3) is 2.88. The second kappa shape index (κ2) is 5.48. The Morgan fingerprint density at radius 3 is 2.61 bits per heavy atom. The van der Waals surface area contributed by atoms with Crippen molar-refractivity contribution in [3.63, 3.8) is 0 Å². The van der Waals surface area contributed by atoms with Crippen LogP contribution in [0.4, 0.5) is 4.39 Å². The van der Waals surface area contributed by atoms with Gasteiger partial charge in [0.2, 0.25) is 5.91 Å². The van der Waals surface area contributed by atoms with E-state index in [4.69, 9.17) is 5.73 Å². The Kier molecular flexibility index (Phi) is 4.46. The molecule has 100 valence electrons. The first kappa shape index (κ1) is 14.6. The fraction of sp³-hybridized carbons (Fsp3) is 0.500. The number of hydrogen-bond acceptors (Lipinski definition) is 2. The molecule has 0 heterocycles. The quantitative estimate of drug-likeness (QED) is 0.844. The molecular formula is C14H21FN2O. The fourth-order valence-electron chi connectivity index (χ4n) is 1.80. The highest BCUT2D eigenvalue weighted by Gasteiger charge is 2.34. The third-order valence-electron chi connectivity index (χ3n) is 3.39. The Bertz CT molecular complexity index is 447. The standard InChI is InChI=1S/C14H21FN2O/c1-5-10(3)17-14(4,13(16)18)11-7-6-9(2)12(15)8-11/h6-8,10,17H,5H2,1-4H3,(H2,16,18). The van der Waals surface area contributed by atoms with Crippen molar-refractivity contribution in [2.24, 2.45) is 5.73 Å². The molecule has 2 unspecified atom stereocenters. The average Bonchev–Trinajstić information content (AvgIpc) is 2.31. The molecule has 0 saturated heterocycles. The first-order valence-electron chi connectivity index (χ1n) is 6.15. The van der Waals surface area contributed by atoms with Crippen LogP contribution in [0, 0.1) is 12.7 Å². The fourth-order valence-corrected chi connectivity index (χ4v) is 1.80. The molecule has 1 aromatic rings. The smallest absolute Gasteiger partial charge is 0.242 e. The van der Waals surface area contributed by atoms with Gasteiger partial charge >= 0.3 is 0 Å². The van der Waals surface area contributed by atoms with Crippen molar-refractivity contribution in [2.75, 3.05) is 0 Å². The van der Waals surface area contributed by atoms with Crippen LogP contribution in [-0.4, -0.2) is 11.9 Å². The van der Waals surface area contributed by atoms with E-state index in [2.05, 4.69) is 5.32 Å². The van der Waals surface area contributed by atoms with E-state index < -0.39 is 11.4 Å². The van der Waals surface area contributed by atoms with Crippen LogP contribution in [0.15, 0.2) is 18.2 Å². The Morgan fingerprint density at radius 2 is 2.17 bits per heavy atom. The predicted molar refractivity (Wildman–Crippen MR) is 70.6 cm³/mol. The van der Waals surface area contributed by atoms with E-state index in [0.717, 1.165) is 6.42 Å². The van der Waals surface area contributed by atoms with Crippen LogP contribution in [0.2, 0.25) is 0 Å². The number of amides is 1. The lowest BCUT2D eigenvalue weighted by Crippen LogP contribution is -2.53. The summed E-state index contributed by atoms with van der Waals surface area (Å²) < 4.78 is 13.6. The van der Waals surface area contributed by atoms with Gasteiger partial charge in [-0.15, -0.1) is 0 Å². The molecule has 0 radical (unpaired) electrons. The molecule has 0 aliphatic heterocycles. The van der Waals surface area contributed by atoms with Gasteiger partial charge in [0.1, 0.15) is 11.4 Å². The molecule has 0 spiro atoms. The lowest BCUT2D eigenvalue weighted by molar-refractivity contribution is -0.124. The zero-order valence-electron chi connectivity index (χ0n) is 11.4. The topological polar surface area (TPSA) is 55.1 Å². The zero-order chi connectivity index (χ0) is 13.9. The van der Waals surface area contributed by atoms with Gasteiger partial charge in [0.15, 0.2) is 0 Å². The molecule has 2 atom stereocenters. The number of rotatable bonds is 5. The number of halogens is 1. The van der Waals surface area contributed by atoms with E-state index in [-0.39, 0.29) is 11.9 Å². The van der Waals surface area contributed by atoms with E-state index in [9.17, 15) is 9.18 Å². The van der Waals surface area contributed by atoms with Crippen LogP contribution in [0.25, 0.3) is 0 Å². The molecule has 4 heteroatoms. The van der Waals surface area contributed by atoms with Crippen LogP contribution < -0.4 is 11.1 Å². The van der Waals surface area contributed by atoms with Crippen molar-refractivity contribution < 1.29 is 9.18 Å². The minimum atomic E-state index is -1.05. The summed E-state index contributed by atoms with van der Waals surface area (Å²) in [6.45, 7) is 7.34. The largest absolute Gasteiger partial charge is 0.368 e. The minimum absolute atomic E-state index is 0.117. The molecule has 3 N–H and O–H groups in total. The Hall–Kier alpha value is -1.42. The van der Waals surface area contributed by atoms with Crippen molar-refractivity contribution in [1.29, 1.82) is 0 Å². The summed E-state index contributed by atoms with van der Waals surface area (Å²) in [7, 11) is 0. The molecule has 1 rings (SSSR count). The van der Waals surface area contributed by atoms with Gasteiger partial charge in [-0.3, -0.25) is 10.1 Å². The maximum absolute atomic E-state index is 13.6. The van der Waals surface area contributed by atoms with Gasteiger partial charge in [-0.25, -0.2) is 4.39 Å². The predicted octanol–water partition coefficient (Wildman–Crippen LogP) is 2.22. The number of nitrogens with one attached hydrogen (secondary N) is 1. The van der Waals surface area contributed by atoms with Crippen molar-refractivity contribution in [1.82, 2.24) is 5.32 Å². The Balaban J connectivity index is 3.18. The van der Waals surface area contributed by atoms with Gasteiger partial charge in [0.25, 0.3) is 0 Å². The summed E-state index contributed by atoms with van der Waals surface area (Å²) in [6.07, 6.45) is 0.858. The summed E-state index contributed by atoms with van der Waals surface area (Å²) in [6, 6.07) is 4.88. The Morgan fingerprint density at radius 1 is 1.56 bits per heavy atom. The van der Waals surface area contributed by atoms with Crippen molar-refractivity contribution >= 4 is 5.91 Å². The zero-order valence-corrected chi connectivity index (χ0v) is 11.4. The summed E-state index contributed by atoms with van der Waals surface area (Å²) in [5, 5.41) is 3.16. The van der Waals surface area contributed by atoms with E-state index in [1.807, 2.05) is 13.8 Å². The van der Waals surface area contributed by atoms with Crippen LogP contribution in [-0.2, 0) is 10.3 Å². The average molecular weight is 252 g/mol. The number of carbonyl (C=O) groups excluding carboxylic acids is 1. The minimum Gasteiger partial charge on any atom is -0.368 e. The normalized spacial score (nSPS) is 16.1. The van der Waals surface area contributed by atoms with Crippen LogP contribution in [0.1, 0.15) is 38.3 Å². The van der Waals surface area contributed by atoms with E-state index in [1.165, 1.54) is 6.07 Å². The van der Waals surface area contributed by atoms with E-state index in [1.54, 1.807) is 26.0 Å².